The molecule has 5 nitrogen and oxygen atoms in total. The SMILES string of the molecule is O=C(Cc1ccc2c(c1)OCCO2)OCC(=O)c1ccc(Cl)cc1Cl. The van der Waals surface area contributed by atoms with Gasteiger partial charge in [-0.2, -0.15) is 0 Å². The molecule has 1 heterocycles. The van der Waals surface area contributed by atoms with E-state index in [-0.39, 0.29) is 23.6 Å². The lowest BCUT2D eigenvalue weighted by atomic mass is 10.1. The maximum absolute atomic E-state index is 12.1. The Bertz CT molecular complexity index is 819. The Kier molecular flexibility index (Phi) is 5.46. The molecule has 0 N–H and O–H groups in total. The third kappa shape index (κ3) is 4.44. The average Bonchev–Trinajstić information content (AvgIpc) is 2.59. The van der Waals surface area contributed by atoms with Gasteiger partial charge in [-0.15, -0.1) is 0 Å². The van der Waals surface area contributed by atoms with E-state index >= 15 is 0 Å². The van der Waals surface area contributed by atoms with Crippen LogP contribution in [-0.4, -0.2) is 31.6 Å². The molecular weight excluding hydrogens is 367 g/mol. The standard InChI is InChI=1S/C18H14Cl2O5/c19-12-2-3-13(14(20)9-12)15(21)10-25-18(22)8-11-1-4-16-17(7-11)24-6-5-23-16/h1-4,7,9H,5-6,8,10H2. The first-order valence-electron chi connectivity index (χ1n) is 7.55. The lowest BCUT2D eigenvalue weighted by molar-refractivity contribution is -0.141. The number of esters is 1. The third-order valence-electron chi connectivity index (χ3n) is 3.55. The van der Waals surface area contributed by atoms with Gasteiger partial charge >= 0.3 is 5.97 Å². The van der Waals surface area contributed by atoms with Crippen molar-refractivity contribution in [2.45, 2.75) is 6.42 Å². The second-order valence-corrected chi connectivity index (χ2v) is 6.21. The molecule has 2 aromatic rings. The van der Waals surface area contributed by atoms with Crippen molar-refractivity contribution in [2.24, 2.45) is 0 Å². The van der Waals surface area contributed by atoms with Crippen molar-refractivity contribution in [2.75, 3.05) is 19.8 Å². The van der Waals surface area contributed by atoms with Gasteiger partial charge in [0, 0.05) is 10.6 Å². The summed E-state index contributed by atoms with van der Waals surface area (Å²) in [6.45, 7) is 0.589. The summed E-state index contributed by atoms with van der Waals surface area (Å²) in [4.78, 5) is 24.0. The highest BCUT2D eigenvalue weighted by molar-refractivity contribution is 6.36. The lowest BCUT2D eigenvalue weighted by Gasteiger charge is -2.18. The Hall–Kier alpha value is -2.24. The monoisotopic (exact) mass is 380 g/mol. The number of carbonyl (C=O) groups excluding carboxylic acids is 2. The Morgan fingerprint density at radius 3 is 2.52 bits per heavy atom. The topological polar surface area (TPSA) is 61.8 Å². The summed E-state index contributed by atoms with van der Waals surface area (Å²) in [6, 6.07) is 9.75. The van der Waals surface area contributed by atoms with Crippen LogP contribution in [0.5, 0.6) is 11.5 Å². The fourth-order valence-corrected chi connectivity index (χ4v) is 2.87. The average molecular weight is 381 g/mol. The van der Waals surface area contributed by atoms with Crippen molar-refractivity contribution < 1.29 is 23.8 Å². The van der Waals surface area contributed by atoms with Crippen LogP contribution in [0.1, 0.15) is 15.9 Å². The van der Waals surface area contributed by atoms with Gasteiger partial charge in [0.1, 0.15) is 13.2 Å². The van der Waals surface area contributed by atoms with E-state index in [1.165, 1.54) is 12.1 Å². The molecule has 130 valence electrons. The highest BCUT2D eigenvalue weighted by atomic mass is 35.5. The largest absolute Gasteiger partial charge is 0.486 e. The van der Waals surface area contributed by atoms with Crippen molar-refractivity contribution in [1.82, 2.24) is 0 Å². The summed E-state index contributed by atoms with van der Waals surface area (Å²) in [7, 11) is 0. The van der Waals surface area contributed by atoms with Crippen LogP contribution in [0, 0.1) is 0 Å². The van der Waals surface area contributed by atoms with E-state index in [0.717, 1.165) is 0 Å². The van der Waals surface area contributed by atoms with Crippen molar-refractivity contribution in [3.63, 3.8) is 0 Å². The molecule has 0 spiro atoms. The predicted octanol–water partition coefficient (Wildman–Crippen LogP) is 3.73. The molecule has 0 unspecified atom stereocenters. The fourth-order valence-electron chi connectivity index (χ4n) is 2.35. The van der Waals surface area contributed by atoms with E-state index in [2.05, 4.69) is 0 Å². The zero-order valence-corrected chi connectivity index (χ0v) is 14.6. The van der Waals surface area contributed by atoms with E-state index in [9.17, 15) is 9.59 Å². The Labute approximate surface area is 154 Å². The summed E-state index contributed by atoms with van der Waals surface area (Å²) in [5.74, 6) is 0.337. The minimum absolute atomic E-state index is 0.0261. The van der Waals surface area contributed by atoms with Crippen molar-refractivity contribution >= 4 is 35.0 Å². The van der Waals surface area contributed by atoms with Crippen molar-refractivity contribution in [3.05, 3.63) is 57.6 Å². The van der Waals surface area contributed by atoms with E-state index in [1.807, 2.05) is 0 Å². The molecule has 0 amide bonds. The van der Waals surface area contributed by atoms with E-state index in [0.29, 0.717) is 35.3 Å². The number of fused-ring (bicyclic) bond motifs is 1. The van der Waals surface area contributed by atoms with Gasteiger partial charge in [0.2, 0.25) is 5.78 Å². The first-order valence-corrected chi connectivity index (χ1v) is 8.31. The smallest absolute Gasteiger partial charge is 0.310 e. The molecule has 2 aromatic carbocycles. The normalized spacial score (nSPS) is 12.6. The van der Waals surface area contributed by atoms with Crippen LogP contribution < -0.4 is 9.47 Å². The van der Waals surface area contributed by atoms with Gasteiger partial charge in [-0.3, -0.25) is 9.59 Å². The van der Waals surface area contributed by atoms with E-state index < -0.39 is 11.8 Å². The quantitative estimate of drug-likeness (QED) is 0.584. The second kappa shape index (κ2) is 7.76. The molecule has 0 atom stereocenters. The summed E-state index contributed by atoms with van der Waals surface area (Å²) >= 11 is 11.8. The first-order chi connectivity index (χ1) is 12.0. The van der Waals surface area contributed by atoms with Gasteiger partial charge < -0.3 is 14.2 Å². The molecule has 0 radical (unpaired) electrons. The number of hydrogen-bond donors (Lipinski definition) is 0. The zero-order chi connectivity index (χ0) is 17.8. The fraction of sp³-hybridized carbons (Fsp3) is 0.222. The summed E-state index contributed by atoms with van der Waals surface area (Å²) in [5, 5.41) is 0.650. The maximum atomic E-state index is 12.1. The van der Waals surface area contributed by atoms with Gasteiger partial charge in [0.15, 0.2) is 18.1 Å². The predicted molar refractivity (Wildman–Crippen MR) is 92.9 cm³/mol. The van der Waals surface area contributed by atoms with Crippen LogP contribution in [0.25, 0.3) is 0 Å². The summed E-state index contributed by atoms with van der Waals surface area (Å²) < 4.78 is 15.9. The van der Waals surface area contributed by atoms with Crippen molar-refractivity contribution in [1.29, 1.82) is 0 Å². The lowest BCUT2D eigenvalue weighted by Crippen LogP contribution is -2.17. The molecule has 25 heavy (non-hydrogen) atoms. The van der Waals surface area contributed by atoms with Gasteiger partial charge in [-0.25, -0.2) is 0 Å². The van der Waals surface area contributed by atoms with Crippen LogP contribution in [0.3, 0.4) is 0 Å². The molecule has 1 aliphatic heterocycles. The molecule has 0 fully saturated rings. The first kappa shape index (κ1) is 17.6. The number of ketones is 1. The minimum Gasteiger partial charge on any atom is -0.486 e. The van der Waals surface area contributed by atoms with E-state index in [1.54, 1.807) is 24.3 Å². The van der Waals surface area contributed by atoms with Crippen molar-refractivity contribution in [3.8, 4) is 11.5 Å². The van der Waals surface area contributed by atoms with Crippen LogP contribution >= 0.6 is 23.2 Å². The Balaban J connectivity index is 1.56. The second-order valence-electron chi connectivity index (χ2n) is 5.36. The van der Waals surface area contributed by atoms with Gasteiger partial charge in [0.25, 0.3) is 0 Å². The Morgan fingerprint density at radius 1 is 1.00 bits per heavy atom. The highest BCUT2D eigenvalue weighted by Crippen LogP contribution is 2.31. The number of ether oxygens (including phenoxy) is 3. The van der Waals surface area contributed by atoms with Crippen LogP contribution in [0.15, 0.2) is 36.4 Å². The van der Waals surface area contributed by atoms with Crippen LogP contribution in [0.4, 0.5) is 0 Å². The highest BCUT2D eigenvalue weighted by Gasteiger charge is 2.16. The number of rotatable bonds is 5. The van der Waals surface area contributed by atoms with Crippen LogP contribution in [0.2, 0.25) is 10.0 Å². The number of Topliss-reactive ketones (excluding diaryl/α,β-unsaturated/α-hetero) is 1. The van der Waals surface area contributed by atoms with E-state index in [4.69, 9.17) is 37.4 Å². The molecule has 0 aliphatic carbocycles. The molecule has 0 saturated carbocycles. The van der Waals surface area contributed by atoms with Gasteiger partial charge in [-0.1, -0.05) is 29.3 Å². The molecule has 7 heteroatoms. The zero-order valence-electron chi connectivity index (χ0n) is 13.1. The molecule has 3 rings (SSSR count). The summed E-state index contributed by atoms with van der Waals surface area (Å²) in [6.07, 6.45) is 0.0261. The molecule has 0 saturated heterocycles. The number of halogens is 2. The maximum Gasteiger partial charge on any atom is 0.310 e. The Morgan fingerprint density at radius 2 is 1.76 bits per heavy atom. The van der Waals surface area contributed by atoms with Gasteiger partial charge in [0.05, 0.1) is 11.4 Å². The minimum atomic E-state index is -0.518. The molecule has 1 aliphatic rings. The van der Waals surface area contributed by atoms with Gasteiger partial charge in [-0.05, 0) is 35.9 Å². The summed E-state index contributed by atoms with van der Waals surface area (Å²) in [5.41, 5.74) is 0.976. The third-order valence-corrected chi connectivity index (χ3v) is 4.10. The number of benzene rings is 2. The molecule has 0 bridgehead atoms. The number of carbonyl (C=O) groups is 2. The molecule has 0 aromatic heterocycles. The number of hydrogen-bond acceptors (Lipinski definition) is 5. The molecular formula is C18H14Cl2O5. The van der Waals surface area contributed by atoms with Crippen LogP contribution in [-0.2, 0) is 16.0 Å².